The number of alkyl halides is 3. The second-order valence-corrected chi connectivity index (χ2v) is 3.14. The minimum atomic E-state index is -4.61. The molecule has 0 aliphatic carbocycles. The van der Waals surface area contributed by atoms with Crippen molar-refractivity contribution in [2.24, 2.45) is 0 Å². The first-order chi connectivity index (χ1) is 6.36. The van der Waals surface area contributed by atoms with Crippen LogP contribution in [0.15, 0.2) is 12.1 Å². The first-order valence-electron chi connectivity index (χ1n) is 4.22. The number of benzene rings is 1. The summed E-state index contributed by atoms with van der Waals surface area (Å²) < 4.78 is 50.1. The van der Waals surface area contributed by atoms with Crippen LogP contribution in [0.3, 0.4) is 0 Å². The number of rotatable bonds is 1. The molecule has 0 radical (unpaired) electrons. The van der Waals surface area contributed by atoms with Crippen molar-refractivity contribution in [3.8, 4) is 0 Å². The Balaban J connectivity index is 3.37. The molecule has 1 rings (SSSR count). The minimum absolute atomic E-state index is 0.109. The van der Waals surface area contributed by atoms with Crippen LogP contribution in [0.25, 0.3) is 0 Å². The van der Waals surface area contributed by atoms with E-state index in [4.69, 9.17) is 0 Å². The van der Waals surface area contributed by atoms with Crippen LogP contribution >= 0.6 is 0 Å². The molecule has 1 aromatic carbocycles. The fourth-order valence-corrected chi connectivity index (χ4v) is 1.31. The van der Waals surface area contributed by atoms with Crippen molar-refractivity contribution >= 4 is 0 Å². The lowest BCUT2D eigenvalue weighted by Gasteiger charge is -2.11. The van der Waals surface area contributed by atoms with Gasteiger partial charge < -0.3 is 0 Å². The van der Waals surface area contributed by atoms with Crippen LogP contribution < -0.4 is 0 Å². The molecule has 0 atom stereocenters. The van der Waals surface area contributed by atoms with Crippen LogP contribution in [0.2, 0.25) is 0 Å². The Bertz CT molecular complexity index is 339. The van der Waals surface area contributed by atoms with Crippen LogP contribution in [0.1, 0.15) is 23.6 Å². The van der Waals surface area contributed by atoms with Crippen LogP contribution in [-0.4, -0.2) is 0 Å². The Labute approximate surface area is 79.6 Å². The fourth-order valence-electron chi connectivity index (χ4n) is 1.31. The normalized spacial score (nSPS) is 11.9. The van der Waals surface area contributed by atoms with Gasteiger partial charge in [-0.25, -0.2) is 4.39 Å². The van der Waals surface area contributed by atoms with Crippen LogP contribution in [0.4, 0.5) is 17.6 Å². The summed E-state index contributed by atoms with van der Waals surface area (Å²) in [4.78, 5) is 0. The molecule has 0 saturated carbocycles. The Morgan fingerprint density at radius 2 is 1.79 bits per heavy atom. The molecule has 0 aliphatic rings. The Hall–Kier alpha value is -1.06. The molecule has 1 aromatic rings. The van der Waals surface area contributed by atoms with Gasteiger partial charge in [-0.3, -0.25) is 0 Å². The van der Waals surface area contributed by atoms with Gasteiger partial charge in [0.2, 0.25) is 0 Å². The lowest BCUT2D eigenvalue weighted by atomic mass is 10.0. The highest BCUT2D eigenvalue weighted by Crippen LogP contribution is 2.33. The monoisotopic (exact) mass is 206 g/mol. The van der Waals surface area contributed by atoms with E-state index in [1.807, 2.05) is 0 Å². The van der Waals surface area contributed by atoms with Gasteiger partial charge in [0.25, 0.3) is 0 Å². The summed E-state index contributed by atoms with van der Waals surface area (Å²) in [6.07, 6.45) is -4.35. The third-order valence-electron chi connectivity index (χ3n) is 1.98. The van der Waals surface area contributed by atoms with Gasteiger partial charge >= 0.3 is 6.18 Å². The molecule has 0 unspecified atom stereocenters. The van der Waals surface area contributed by atoms with Crippen molar-refractivity contribution < 1.29 is 17.6 Å². The van der Waals surface area contributed by atoms with Crippen molar-refractivity contribution in [1.29, 1.82) is 0 Å². The van der Waals surface area contributed by atoms with E-state index in [9.17, 15) is 17.6 Å². The third kappa shape index (κ3) is 2.05. The highest BCUT2D eigenvalue weighted by molar-refractivity contribution is 5.33. The van der Waals surface area contributed by atoms with Crippen LogP contribution in [0.5, 0.6) is 0 Å². The minimum Gasteiger partial charge on any atom is -0.206 e. The quantitative estimate of drug-likeness (QED) is 0.614. The van der Waals surface area contributed by atoms with E-state index < -0.39 is 17.6 Å². The maximum absolute atomic E-state index is 13.2. The van der Waals surface area contributed by atoms with Gasteiger partial charge in [0.15, 0.2) is 0 Å². The van der Waals surface area contributed by atoms with E-state index >= 15 is 0 Å². The maximum atomic E-state index is 13.2. The second-order valence-electron chi connectivity index (χ2n) is 3.14. The Kier molecular flexibility index (Phi) is 2.83. The molecule has 0 aliphatic heterocycles. The standard InChI is InChI=1S/C10H10F4/c1-3-7-4-6(2)5-8(9(7)11)10(12,13)14/h4-5H,3H2,1-2H3. The number of aryl methyl sites for hydroxylation is 2. The molecule has 0 heterocycles. The van der Waals surface area contributed by atoms with Crippen molar-refractivity contribution in [2.75, 3.05) is 0 Å². The van der Waals surface area contributed by atoms with E-state index in [0.29, 0.717) is 5.56 Å². The summed E-state index contributed by atoms with van der Waals surface area (Å²) in [7, 11) is 0. The highest BCUT2D eigenvalue weighted by atomic mass is 19.4. The average molecular weight is 206 g/mol. The molecule has 14 heavy (non-hydrogen) atoms. The molecule has 0 saturated heterocycles. The smallest absolute Gasteiger partial charge is 0.206 e. The fraction of sp³-hybridized carbons (Fsp3) is 0.400. The lowest BCUT2D eigenvalue weighted by Crippen LogP contribution is -2.10. The van der Waals surface area contributed by atoms with Crippen LogP contribution in [0, 0.1) is 12.7 Å². The van der Waals surface area contributed by atoms with Gasteiger partial charge in [0.1, 0.15) is 5.82 Å². The molecule has 0 fully saturated rings. The van der Waals surface area contributed by atoms with Gasteiger partial charge in [-0.05, 0) is 25.0 Å². The second kappa shape index (κ2) is 3.59. The zero-order valence-corrected chi connectivity index (χ0v) is 7.87. The van der Waals surface area contributed by atoms with E-state index in [2.05, 4.69) is 0 Å². The summed E-state index contributed by atoms with van der Waals surface area (Å²) in [5.41, 5.74) is -0.637. The summed E-state index contributed by atoms with van der Waals surface area (Å²) in [6.45, 7) is 3.14. The summed E-state index contributed by atoms with van der Waals surface area (Å²) in [6, 6.07) is 2.26. The van der Waals surface area contributed by atoms with Gasteiger partial charge in [-0.1, -0.05) is 18.6 Å². The molecule has 78 valence electrons. The zero-order valence-electron chi connectivity index (χ0n) is 7.87. The molecule has 4 heteroatoms. The van der Waals surface area contributed by atoms with Crippen molar-refractivity contribution in [1.82, 2.24) is 0 Å². The van der Waals surface area contributed by atoms with Crippen LogP contribution in [-0.2, 0) is 12.6 Å². The van der Waals surface area contributed by atoms with Gasteiger partial charge in [0, 0.05) is 0 Å². The molecule has 0 N–H and O–H groups in total. The number of halogens is 4. The predicted octanol–water partition coefficient (Wildman–Crippen LogP) is 3.72. The van der Waals surface area contributed by atoms with E-state index in [-0.39, 0.29) is 12.0 Å². The van der Waals surface area contributed by atoms with Crippen molar-refractivity contribution in [3.63, 3.8) is 0 Å². The average Bonchev–Trinajstić information content (AvgIpc) is 2.06. The lowest BCUT2D eigenvalue weighted by molar-refractivity contribution is -0.140. The topological polar surface area (TPSA) is 0 Å². The summed E-state index contributed by atoms with van der Waals surface area (Å²) in [5.74, 6) is -1.15. The summed E-state index contributed by atoms with van der Waals surface area (Å²) in [5, 5.41) is 0. The largest absolute Gasteiger partial charge is 0.419 e. The summed E-state index contributed by atoms with van der Waals surface area (Å²) >= 11 is 0. The number of hydrogen-bond donors (Lipinski definition) is 0. The Morgan fingerprint density at radius 3 is 2.21 bits per heavy atom. The van der Waals surface area contributed by atoms with Crippen molar-refractivity contribution in [3.05, 3.63) is 34.6 Å². The van der Waals surface area contributed by atoms with Gasteiger partial charge in [-0.2, -0.15) is 13.2 Å². The first-order valence-corrected chi connectivity index (χ1v) is 4.22. The third-order valence-corrected chi connectivity index (χ3v) is 1.98. The molecule has 0 nitrogen and oxygen atoms in total. The predicted molar refractivity (Wildman–Crippen MR) is 45.5 cm³/mol. The molecule has 0 aromatic heterocycles. The zero-order chi connectivity index (χ0) is 10.9. The van der Waals surface area contributed by atoms with Gasteiger partial charge in [0.05, 0.1) is 5.56 Å². The SMILES string of the molecule is CCc1cc(C)cc(C(F)(F)F)c1F. The molecular weight excluding hydrogens is 196 g/mol. The van der Waals surface area contributed by atoms with Crippen molar-refractivity contribution in [2.45, 2.75) is 26.4 Å². The van der Waals surface area contributed by atoms with Gasteiger partial charge in [-0.15, -0.1) is 0 Å². The number of hydrogen-bond acceptors (Lipinski definition) is 0. The highest BCUT2D eigenvalue weighted by Gasteiger charge is 2.34. The molecule has 0 bridgehead atoms. The Morgan fingerprint density at radius 1 is 1.21 bits per heavy atom. The first kappa shape index (κ1) is 11.0. The maximum Gasteiger partial charge on any atom is 0.419 e. The van der Waals surface area contributed by atoms with E-state index in [1.54, 1.807) is 6.92 Å². The van der Waals surface area contributed by atoms with E-state index in [0.717, 1.165) is 6.07 Å². The van der Waals surface area contributed by atoms with E-state index in [1.165, 1.54) is 13.0 Å². The molecule has 0 amide bonds. The molecular formula is C10H10F4. The molecule has 0 spiro atoms.